The first-order valence-corrected chi connectivity index (χ1v) is 8.22. The van der Waals surface area contributed by atoms with Crippen LogP contribution in [0, 0.1) is 0 Å². The quantitative estimate of drug-likeness (QED) is 0.813. The van der Waals surface area contributed by atoms with Crippen molar-refractivity contribution in [2.24, 2.45) is 0 Å². The molecule has 0 bridgehead atoms. The third-order valence-electron chi connectivity index (χ3n) is 3.45. The van der Waals surface area contributed by atoms with Gasteiger partial charge in [0.1, 0.15) is 11.5 Å². The lowest BCUT2D eigenvalue weighted by Crippen LogP contribution is -2.27. The monoisotopic (exact) mass is 377 g/mol. The van der Waals surface area contributed by atoms with Crippen LogP contribution in [0.2, 0.25) is 0 Å². The number of carbonyl (C=O) groups excluding carboxylic acids is 1. The number of para-hydroxylation sites is 1. The van der Waals surface area contributed by atoms with E-state index < -0.39 is 0 Å². The SMILES string of the molecule is CCOc1ccccc1C(=O)NC(C)c1ccc(OC)c(Br)c1. The fourth-order valence-corrected chi connectivity index (χ4v) is 2.80. The first-order chi connectivity index (χ1) is 11.1. The van der Waals surface area contributed by atoms with E-state index in [4.69, 9.17) is 9.47 Å². The van der Waals surface area contributed by atoms with Gasteiger partial charge in [-0.15, -0.1) is 0 Å². The minimum Gasteiger partial charge on any atom is -0.496 e. The molecule has 0 saturated carbocycles. The van der Waals surface area contributed by atoms with Crippen LogP contribution in [0.1, 0.15) is 35.8 Å². The molecule has 0 aliphatic carbocycles. The van der Waals surface area contributed by atoms with Crippen LogP contribution >= 0.6 is 15.9 Å². The van der Waals surface area contributed by atoms with Crippen molar-refractivity contribution in [2.75, 3.05) is 13.7 Å². The molecule has 122 valence electrons. The fourth-order valence-electron chi connectivity index (χ4n) is 2.25. The number of halogens is 1. The third kappa shape index (κ3) is 4.26. The van der Waals surface area contributed by atoms with Gasteiger partial charge >= 0.3 is 0 Å². The summed E-state index contributed by atoms with van der Waals surface area (Å²) >= 11 is 3.46. The Morgan fingerprint density at radius 2 is 1.96 bits per heavy atom. The van der Waals surface area contributed by atoms with Crippen molar-refractivity contribution in [1.29, 1.82) is 0 Å². The minimum atomic E-state index is -0.159. The highest BCUT2D eigenvalue weighted by Gasteiger charge is 2.16. The number of carbonyl (C=O) groups is 1. The van der Waals surface area contributed by atoms with E-state index in [2.05, 4.69) is 21.2 Å². The molecule has 2 rings (SSSR count). The number of nitrogens with one attached hydrogen (secondary N) is 1. The van der Waals surface area contributed by atoms with Crippen molar-refractivity contribution < 1.29 is 14.3 Å². The molecule has 0 aromatic heterocycles. The molecule has 0 saturated heterocycles. The maximum atomic E-state index is 12.5. The van der Waals surface area contributed by atoms with Crippen LogP contribution in [-0.2, 0) is 0 Å². The Balaban J connectivity index is 2.15. The van der Waals surface area contributed by atoms with Gasteiger partial charge in [0.05, 0.1) is 29.8 Å². The second kappa shape index (κ2) is 8.02. The van der Waals surface area contributed by atoms with Gasteiger partial charge in [0.2, 0.25) is 0 Å². The van der Waals surface area contributed by atoms with Crippen molar-refractivity contribution in [2.45, 2.75) is 19.9 Å². The van der Waals surface area contributed by atoms with Crippen LogP contribution in [0.4, 0.5) is 0 Å². The number of benzene rings is 2. The zero-order valence-electron chi connectivity index (χ0n) is 13.4. The van der Waals surface area contributed by atoms with Gasteiger partial charge in [0.25, 0.3) is 5.91 Å². The molecule has 2 aromatic rings. The van der Waals surface area contributed by atoms with Gasteiger partial charge in [-0.3, -0.25) is 4.79 Å². The Kier molecular flexibility index (Phi) is 6.04. The van der Waals surface area contributed by atoms with Gasteiger partial charge in [-0.05, 0) is 59.6 Å². The van der Waals surface area contributed by atoms with Crippen molar-refractivity contribution in [3.63, 3.8) is 0 Å². The van der Waals surface area contributed by atoms with Crippen LogP contribution in [0.15, 0.2) is 46.9 Å². The molecule has 1 unspecified atom stereocenters. The lowest BCUT2D eigenvalue weighted by Gasteiger charge is -2.17. The summed E-state index contributed by atoms with van der Waals surface area (Å²) in [6, 6.07) is 12.8. The molecule has 5 heteroatoms. The van der Waals surface area contributed by atoms with Crippen LogP contribution in [0.3, 0.4) is 0 Å². The Morgan fingerprint density at radius 3 is 2.61 bits per heavy atom. The van der Waals surface area contributed by atoms with Gasteiger partial charge in [0, 0.05) is 0 Å². The smallest absolute Gasteiger partial charge is 0.255 e. The van der Waals surface area contributed by atoms with Crippen molar-refractivity contribution >= 4 is 21.8 Å². The van der Waals surface area contributed by atoms with Crippen molar-refractivity contribution in [1.82, 2.24) is 5.32 Å². The Bertz CT molecular complexity index is 688. The lowest BCUT2D eigenvalue weighted by molar-refractivity contribution is 0.0936. The van der Waals surface area contributed by atoms with Gasteiger partial charge in [0.15, 0.2) is 0 Å². The normalized spacial score (nSPS) is 11.7. The minimum absolute atomic E-state index is 0.139. The van der Waals surface area contributed by atoms with E-state index in [9.17, 15) is 4.79 Å². The van der Waals surface area contributed by atoms with E-state index in [0.717, 1.165) is 15.8 Å². The van der Waals surface area contributed by atoms with E-state index in [1.165, 1.54) is 0 Å². The molecule has 0 aliphatic rings. The van der Waals surface area contributed by atoms with Gasteiger partial charge < -0.3 is 14.8 Å². The lowest BCUT2D eigenvalue weighted by atomic mass is 10.1. The fraction of sp³-hybridized carbons (Fsp3) is 0.278. The Hall–Kier alpha value is -2.01. The molecule has 1 amide bonds. The number of hydrogen-bond donors (Lipinski definition) is 1. The molecule has 0 aliphatic heterocycles. The summed E-state index contributed by atoms with van der Waals surface area (Å²) in [5.41, 5.74) is 1.52. The van der Waals surface area contributed by atoms with Gasteiger partial charge in [-0.1, -0.05) is 18.2 Å². The number of rotatable bonds is 6. The Morgan fingerprint density at radius 1 is 1.22 bits per heavy atom. The van der Waals surface area contributed by atoms with Gasteiger partial charge in [-0.2, -0.15) is 0 Å². The van der Waals surface area contributed by atoms with Crippen LogP contribution < -0.4 is 14.8 Å². The second-order valence-corrected chi connectivity index (χ2v) is 5.87. The molecule has 1 N–H and O–H groups in total. The molecule has 0 radical (unpaired) electrons. The first kappa shape index (κ1) is 17.3. The maximum absolute atomic E-state index is 12.5. The topological polar surface area (TPSA) is 47.6 Å². The summed E-state index contributed by atoms with van der Waals surface area (Å²) < 4.78 is 11.6. The van der Waals surface area contributed by atoms with E-state index in [0.29, 0.717) is 17.9 Å². The molecule has 0 fully saturated rings. The predicted octanol–water partition coefficient (Wildman–Crippen LogP) is 4.35. The Labute approximate surface area is 144 Å². The molecule has 4 nitrogen and oxygen atoms in total. The highest BCUT2D eigenvalue weighted by molar-refractivity contribution is 9.10. The van der Waals surface area contributed by atoms with E-state index in [1.54, 1.807) is 19.2 Å². The first-order valence-electron chi connectivity index (χ1n) is 7.43. The summed E-state index contributed by atoms with van der Waals surface area (Å²) in [5.74, 6) is 1.19. The third-order valence-corrected chi connectivity index (χ3v) is 4.07. The molecule has 0 spiro atoms. The summed E-state index contributed by atoms with van der Waals surface area (Å²) in [6.07, 6.45) is 0. The van der Waals surface area contributed by atoms with Crippen molar-refractivity contribution in [3.8, 4) is 11.5 Å². The molecule has 1 atom stereocenters. The molecular formula is C18H20BrNO3. The number of amides is 1. The maximum Gasteiger partial charge on any atom is 0.255 e. The number of hydrogen-bond acceptors (Lipinski definition) is 3. The highest BCUT2D eigenvalue weighted by atomic mass is 79.9. The summed E-state index contributed by atoms with van der Waals surface area (Å²) in [6.45, 7) is 4.35. The average Bonchev–Trinajstić information content (AvgIpc) is 2.55. The van der Waals surface area contributed by atoms with Crippen LogP contribution in [-0.4, -0.2) is 19.6 Å². The van der Waals surface area contributed by atoms with Crippen molar-refractivity contribution in [3.05, 3.63) is 58.1 Å². The van der Waals surface area contributed by atoms with E-state index >= 15 is 0 Å². The largest absolute Gasteiger partial charge is 0.496 e. The molecule has 0 heterocycles. The molecular weight excluding hydrogens is 358 g/mol. The summed E-state index contributed by atoms with van der Waals surface area (Å²) in [5, 5.41) is 3.00. The second-order valence-electron chi connectivity index (χ2n) is 5.02. The van der Waals surface area contributed by atoms with Crippen LogP contribution in [0.25, 0.3) is 0 Å². The summed E-state index contributed by atoms with van der Waals surface area (Å²) in [4.78, 5) is 12.5. The zero-order chi connectivity index (χ0) is 16.8. The van der Waals surface area contributed by atoms with Gasteiger partial charge in [-0.25, -0.2) is 0 Å². The molecule has 23 heavy (non-hydrogen) atoms. The zero-order valence-corrected chi connectivity index (χ0v) is 15.0. The predicted molar refractivity (Wildman–Crippen MR) is 94.2 cm³/mol. The highest BCUT2D eigenvalue weighted by Crippen LogP contribution is 2.28. The number of methoxy groups -OCH3 is 1. The number of ether oxygens (including phenoxy) is 2. The average molecular weight is 378 g/mol. The summed E-state index contributed by atoms with van der Waals surface area (Å²) in [7, 11) is 1.62. The molecule has 2 aromatic carbocycles. The standard InChI is InChI=1S/C18H20BrNO3/c1-4-23-16-8-6-5-7-14(16)18(21)20-12(2)13-9-10-17(22-3)15(19)11-13/h5-12H,4H2,1-3H3,(H,20,21). The van der Waals surface area contributed by atoms with E-state index in [-0.39, 0.29) is 11.9 Å². The van der Waals surface area contributed by atoms with Crippen LogP contribution in [0.5, 0.6) is 11.5 Å². The van der Waals surface area contributed by atoms with E-state index in [1.807, 2.05) is 44.2 Å².